The van der Waals surface area contributed by atoms with Crippen LogP contribution in [-0.4, -0.2) is 59.3 Å². The van der Waals surface area contributed by atoms with Crippen molar-refractivity contribution >= 4 is 31.1 Å². The van der Waals surface area contributed by atoms with E-state index in [1.807, 2.05) is 27.0 Å². The smallest absolute Gasteiger partial charge is 0.382 e. The normalized spacial score (nSPS) is 11.1. The summed E-state index contributed by atoms with van der Waals surface area (Å²) in [6.45, 7) is 14.4. The van der Waals surface area contributed by atoms with E-state index in [1.54, 1.807) is 48.5 Å². The van der Waals surface area contributed by atoms with E-state index in [4.69, 9.17) is 4.52 Å². The molecule has 48 heavy (non-hydrogen) atoms. The maximum atomic E-state index is 13.6. The third kappa shape index (κ3) is 15.8. The van der Waals surface area contributed by atoms with Crippen LogP contribution in [0, 0.1) is 12.8 Å². The number of aromatic nitrogens is 3. The average molecular weight is 691 g/mol. The molecule has 2 aromatic carbocycles. The number of anilines is 1. The summed E-state index contributed by atoms with van der Waals surface area (Å²) >= 11 is 0. The van der Waals surface area contributed by atoms with Crippen molar-refractivity contribution in [2.75, 3.05) is 31.7 Å². The van der Waals surface area contributed by atoms with Gasteiger partial charge < -0.3 is 25.0 Å². The number of benzene rings is 2. The van der Waals surface area contributed by atoms with E-state index in [1.165, 1.54) is 6.42 Å². The molecule has 0 radical (unpaired) electrons. The molecule has 1 amide bonds. The first-order valence-corrected chi connectivity index (χ1v) is 18.0. The molecule has 0 fully saturated rings. The van der Waals surface area contributed by atoms with Gasteiger partial charge in [0, 0.05) is 22.7 Å². The molecule has 2 unspecified atom stereocenters. The summed E-state index contributed by atoms with van der Waals surface area (Å²) in [6.07, 6.45) is 8.02. The van der Waals surface area contributed by atoms with Gasteiger partial charge in [-0.25, -0.2) is 0 Å². The number of hydrogen-bond donors (Lipinski definition) is 3. The Morgan fingerprint density at radius 1 is 1.06 bits per heavy atom. The lowest BCUT2D eigenvalue weighted by molar-refractivity contribution is -0.139. The van der Waals surface area contributed by atoms with Crippen molar-refractivity contribution in [3.8, 4) is 24.4 Å². The first-order chi connectivity index (χ1) is 23.1. The Labute approximate surface area is 286 Å². The molecule has 2 heterocycles. The number of nitrogens with zero attached hydrogens (tertiary/aromatic N) is 3. The molecular weight excluding hydrogens is 636 g/mol. The Kier molecular flexibility index (Phi) is 23.2. The van der Waals surface area contributed by atoms with Crippen LogP contribution in [0.1, 0.15) is 77.1 Å². The molecule has 0 aliphatic rings. The second-order valence-corrected chi connectivity index (χ2v) is 11.4. The van der Waals surface area contributed by atoms with Gasteiger partial charge in [-0.15, -0.1) is 21.4 Å². The number of amides is 1. The second kappa shape index (κ2) is 25.2. The van der Waals surface area contributed by atoms with Gasteiger partial charge in [0.15, 0.2) is 0 Å². The minimum absolute atomic E-state index is 0.0207. The zero-order valence-corrected chi connectivity index (χ0v) is 30.7. The van der Waals surface area contributed by atoms with Crippen LogP contribution in [0.4, 0.5) is 18.9 Å². The van der Waals surface area contributed by atoms with Crippen molar-refractivity contribution in [1.82, 2.24) is 25.3 Å². The van der Waals surface area contributed by atoms with Crippen LogP contribution in [0.2, 0.25) is 0 Å². The summed E-state index contributed by atoms with van der Waals surface area (Å²) in [6, 6.07) is 15.7. The van der Waals surface area contributed by atoms with E-state index in [0.717, 1.165) is 44.4 Å². The highest BCUT2D eigenvalue weighted by atomic mass is 31.1. The van der Waals surface area contributed by atoms with Crippen molar-refractivity contribution in [1.29, 1.82) is 0 Å². The van der Waals surface area contributed by atoms with Crippen molar-refractivity contribution in [2.45, 2.75) is 86.1 Å². The summed E-state index contributed by atoms with van der Waals surface area (Å²) in [7, 11) is 2.83. The van der Waals surface area contributed by atoms with Gasteiger partial charge in [-0.2, -0.15) is 18.2 Å². The number of terminal acetylenes is 1. The third-order valence-electron chi connectivity index (χ3n) is 6.24. The van der Waals surface area contributed by atoms with Crippen LogP contribution in [0.5, 0.6) is 0 Å². The van der Waals surface area contributed by atoms with Gasteiger partial charge in [0.2, 0.25) is 11.7 Å². The molecule has 0 bridgehead atoms. The molecule has 4 aromatic rings. The van der Waals surface area contributed by atoms with Crippen LogP contribution in [0.15, 0.2) is 59.1 Å². The average Bonchev–Trinajstić information content (AvgIpc) is 3.71. The summed E-state index contributed by atoms with van der Waals surface area (Å²) in [5, 5.41) is 13.6. The fraction of sp³-hybridized carbons (Fsp3) is 0.472. The molecule has 0 aliphatic heterocycles. The van der Waals surface area contributed by atoms with Crippen molar-refractivity contribution in [3.63, 3.8) is 0 Å². The van der Waals surface area contributed by atoms with Crippen molar-refractivity contribution in [2.24, 2.45) is 0 Å². The highest BCUT2D eigenvalue weighted by Gasteiger charge is 2.31. The fourth-order valence-corrected chi connectivity index (χ4v) is 4.70. The molecule has 0 spiro atoms. The van der Waals surface area contributed by atoms with Crippen LogP contribution in [0.25, 0.3) is 22.4 Å². The van der Waals surface area contributed by atoms with Crippen LogP contribution < -0.4 is 16.0 Å². The molecule has 8 nitrogen and oxygen atoms in total. The molecule has 0 saturated carbocycles. The largest absolute Gasteiger partial charge is 0.406 e. The Bertz CT molecular complexity index is 1440. The monoisotopic (exact) mass is 690 g/mol. The highest BCUT2D eigenvalue weighted by molar-refractivity contribution is 7.36. The van der Waals surface area contributed by atoms with E-state index in [-0.39, 0.29) is 35.9 Å². The number of carbonyl (C=O) groups is 1. The van der Waals surface area contributed by atoms with E-state index < -0.39 is 12.7 Å². The van der Waals surface area contributed by atoms with Gasteiger partial charge in [0.1, 0.15) is 6.54 Å². The summed E-state index contributed by atoms with van der Waals surface area (Å²) < 4.78 is 47.1. The summed E-state index contributed by atoms with van der Waals surface area (Å²) in [5.41, 5.74) is 1.83. The molecule has 0 aliphatic carbocycles. The van der Waals surface area contributed by atoms with Gasteiger partial charge in [0.05, 0.1) is 17.8 Å². The van der Waals surface area contributed by atoms with Crippen molar-refractivity contribution in [3.05, 3.63) is 66.1 Å². The Morgan fingerprint density at radius 2 is 1.69 bits per heavy atom. The molecule has 0 saturated heterocycles. The van der Waals surface area contributed by atoms with Crippen LogP contribution in [-0.2, 0) is 13.1 Å². The molecule has 12 heteroatoms. The van der Waals surface area contributed by atoms with Gasteiger partial charge >= 0.3 is 6.18 Å². The predicted octanol–water partition coefficient (Wildman–Crippen LogP) is 8.99. The quantitative estimate of drug-likeness (QED) is 0.0780. The first kappa shape index (κ1) is 44.1. The number of carbonyl (C=O) groups excluding carboxylic acids is 1. The van der Waals surface area contributed by atoms with Crippen LogP contribution >= 0.6 is 8.58 Å². The Hall–Kier alpha value is -3.87. The first-order valence-electron chi connectivity index (χ1n) is 16.3. The minimum Gasteiger partial charge on any atom is -0.382 e. The number of halogens is 3. The zero-order valence-electron chi connectivity index (χ0n) is 29.7. The van der Waals surface area contributed by atoms with Gasteiger partial charge in [-0.05, 0) is 76.5 Å². The summed E-state index contributed by atoms with van der Waals surface area (Å²) in [4.78, 5) is 16.6. The van der Waals surface area contributed by atoms with Gasteiger partial charge in [0.25, 0.3) is 5.91 Å². The number of alkyl halides is 3. The molecule has 3 N–H and O–H groups in total. The fourth-order valence-electron chi connectivity index (χ4n) is 4.15. The molecule has 4 rings (SSSR count). The Morgan fingerprint density at radius 3 is 2.25 bits per heavy atom. The lowest BCUT2D eigenvalue weighted by Crippen LogP contribution is -2.22. The van der Waals surface area contributed by atoms with E-state index >= 15 is 0 Å². The minimum atomic E-state index is -4.45. The number of rotatable bonds is 12. The Balaban J connectivity index is 0.00000178. The lowest BCUT2D eigenvalue weighted by Gasteiger charge is -2.16. The van der Waals surface area contributed by atoms with Gasteiger partial charge in [-0.3, -0.25) is 4.79 Å². The van der Waals surface area contributed by atoms with Gasteiger partial charge in [-0.1, -0.05) is 70.5 Å². The summed E-state index contributed by atoms with van der Waals surface area (Å²) in [5.74, 6) is -0.213. The number of hydrogen-bond acceptors (Lipinski definition) is 6. The maximum absolute atomic E-state index is 13.6. The molecular formula is C36H54F3N6O2P. The van der Waals surface area contributed by atoms with Crippen molar-refractivity contribution < 1.29 is 22.5 Å². The SMILES string of the molecule is C#C.CC.CCC.CCNC.CPCCCC(C)Nc1cccc2c1cc(-c1noc(CNC(=O)c3ccccc3)n1)n2CC(F)(F)F. The number of nitrogens with one attached hydrogen (secondary N) is 3. The van der Waals surface area contributed by atoms with Crippen LogP contribution in [0.3, 0.4) is 0 Å². The lowest BCUT2D eigenvalue weighted by atomic mass is 10.1. The standard InChI is InChI=1S/C26H29F3N5O2P.C3H9N.C3H8.C2H6.C2H2/c1-17(8-7-13-37-2)31-20-11-6-12-21-19(20)14-22(34(21)16-26(27,28)29)24-32-23(36-33-24)15-30-25(35)18-9-4-3-5-10-18;1-3-4-2;1-3-2;2*1-2/h3-6,9-12,14,17,31,37H,7-8,13,15-16H2,1-2H3,(H,30,35);4H,3H2,1-2H3;3H2,1-2H3;1-2H3;1-2H. The topological polar surface area (TPSA) is 97.0 Å². The predicted molar refractivity (Wildman–Crippen MR) is 197 cm³/mol. The van der Waals surface area contributed by atoms with E-state index in [9.17, 15) is 18.0 Å². The molecule has 2 aromatic heterocycles. The molecule has 266 valence electrons. The second-order valence-electron chi connectivity index (χ2n) is 10.2. The highest BCUT2D eigenvalue weighted by Crippen LogP contribution is 2.34. The maximum Gasteiger partial charge on any atom is 0.406 e. The van der Waals surface area contributed by atoms with E-state index in [0.29, 0.717) is 16.5 Å². The molecule has 2 atom stereocenters. The third-order valence-corrected chi connectivity index (χ3v) is 7.09. The number of fused-ring (bicyclic) bond motifs is 1. The van der Waals surface area contributed by atoms with E-state index in [2.05, 4.69) is 73.3 Å². The zero-order chi connectivity index (χ0) is 36.5.